The molecular formula is C14H24N4O. The number of rotatable bonds is 7. The molecule has 106 valence electrons. The molecule has 1 amide bonds. The van der Waals surface area contributed by atoms with Gasteiger partial charge in [0.05, 0.1) is 0 Å². The smallest absolute Gasteiger partial charge is 0.225 e. The van der Waals surface area contributed by atoms with Gasteiger partial charge in [-0.25, -0.2) is 0 Å². The van der Waals surface area contributed by atoms with Gasteiger partial charge < -0.3 is 10.2 Å². The van der Waals surface area contributed by atoms with Gasteiger partial charge in [0.1, 0.15) is 0 Å². The Hall–Kier alpha value is -1.65. The van der Waals surface area contributed by atoms with E-state index < -0.39 is 0 Å². The van der Waals surface area contributed by atoms with Crippen molar-refractivity contribution in [2.24, 2.45) is 5.92 Å². The second-order valence-electron chi connectivity index (χ2n) is 5.20. The summed E-state index contributed by atoms with van der Waals surface area (Å²) in [7, 11) is 2.00. The standard InChI is InChI=1S/C14H24N4O/c1-5-6-9-18(4)13-8-7-12(16-17-13)15-14(19)10-11(2)3/h7-8,11H,5-6,9-10H2,1-4H3,(H,15,16,19). The van der Waals surface area contributed by atoms with E-state index in [2.05, 4.69) is 27.3 Å². The van der Waals surface area contributed by atoms with Crippen LogP contribution in [-0.4, -0.2) is 29.7 Å². The van der Waals surface area contributed by atoms with E-state index in [0.29, 0.717) is 18.2 Å². The minimum absolute atomic E-state index is 0.0172. The molecule has 0 fully saturated rings. The van der Waals surface area contributed by atoms with Gasteiger partial charge in [0.25, 0.3) is 0 Å². The summed E-state index contributed by atoms with van der Waals surface area (Å²) in [6.45, 7) is 7.14. The van der Waals surface area contributed by atoms with Crippen molar-refractivity contribution < 1.29 is 4.79 Å². The van der Waals surface area contributed by atoms with Gasteiger partial charge >= 0.3 is 0 Å². The molecule has 1 N–H and O–H groups in total. The number of aromatic nitrogens is 2. The monoisotopic (exact) mass is 264 g/mol. The van der Waals surface area contributed by atoms with Crippen LogP contribution in [0.4, 0.5) is 11.6 Å². The first-order chi connectivity index (χ1) is 9.02. The third-order valence-corrected chi connectivity index (χ3v) is 2.75. The van der Waals surface area contributed by atoms with Crippen LogP contribution in [0.15, 0.2) is 12.1 Å². The Bertz CT molecular complexity index is 389. The van der Waals surface area contributed by atoms with Crippen LogP contribution >= 0.6 is 0 Å². The van der Waals surface area contributed by atoms with Gasteiger partial charge in [0.2, 0.25) is 5.91 Å². The number of unbranched alkanes of at least 4 members (excludes halogenated alkanes) is 1. The first-order valence-corrected chi connectivity index (χ1v) is 6.87. The molecule has 5 heteroatoms. The summed E-state index contributed by atoms with van der Waals surface area (Å²) in [6.07, 6.45) is 2.78. The van der Waals surface area contributed by atoms with Gasteiger partial charge in [-0.15, -0.1) is 10.2 Å². The molecule has 0 saturated heterocycles. The highest BCUT2D eigenvalue weighted by molar-refractivity contribution is 5.89. The fraction of sp³-hybridized carbons (Fsp3) is 0.643. The molecule has 1 aromatic heterocycles. The third kappa shape index (κ3) is 5.68. The van der Waals surface area contributed by atoms with Crippen molar-refractivity contribution in [1.82, 2.24) is 10.2 Å². The average molecular weight is 264 g/mol. The number of carbonyl (C=O) groups is 1. The van der Waals surface area contributed by atoms with Crippen molar-refractivity contribution in [3.63, 3.8) is 0 Å². The zero-order chi connectivity index (χ0) is 14.3. The van der Waals surface area contributed by atoms with E-state index in [-0.39, 0.29) is 5.91 Å². The lowest BCUT2D eigenvalue weighted by molar-refractivity contribution is -0.116. The maximum atomic E-state index is 11.6. The average Bonchev–Trinajstić information content (AvgIpc) is 2.35. The molecule has 0 radical (unpaired) electrons. The van der Waals surface area contributed by atoms with E-state index in [1.54, 1.807) is 6.07 Å². The van der Waals surface area contributed by atoms with E-state index in [0.717, 1.165) is 25.2 Å². The molecule has 19 heavy (non-hydrogen) atoms. The van der Waals surface area contributed by atoms with E-state index in [1.807, 2.05) is 27.0 Å². The quantitative estimate of drug-likeness (QED) is 0.822. The predicted octanol–water partition coefficient (Wildman–Crippen LogP) is 2.70. The second kappa shape index (κ2) is 7.71. The summed E-state index contributed by atoms with van der Waals surface area (Å²) < 4.78 is 0. The van der Waals surface area contributed by atoms with Crippen LogP contribution in [0.2, 0.25) is 0 Å². The van der Waals surface area contributed by atoms with Crippen LogP contribution < -0.4 is 10.2 Å². The van der Waals surface area contributed by atoms with Crippen LogP contribution in [0.1, 0.15) is 40.0 Å². The number of amides is 1. The molecule has 1 rings (SSSR count). The molecule has 0 spiro atoms. The van der Waals surface area contributed by atoms with Crippen molar-refractivity contribution in [3.8, 4) is 0 Å². The Morgan fingerprint density at radius 2 is 2.11 bits per heavy atom. The van der Waals surface area contributed by atoms with Crippen molar-refractivity contribution in [1.29, 1.82) is 0 Å². The normalized spacial score (nSPS) is 10.6. The van der Waals surface area contributed by atoms with Crippen LogP contribution in [0, 0.1) is 5.92 Å². The zero-order valence-corrected chi connectivity index (χ0v) is 12.3. The SMILES string of the molecule is CCCCN(C)c1ccc(NC(=O)CC(C)C)nn1. The van der Waals surface area contributed by atoms with E-state index >= 15 is 0 Å². The highest BCUT2D eigenvalue weighted by Crippen LogP contribution is 2.11. The van der Waals surface area contributed by atoms with E-state index in [9.17, 15) is 4.79 Å². The highest BCUT2D eigenvalue weighted by Gasteiger charge is 2.07. The lowest BCUT2D eigenvalue weighted by Crippen LogP contribution is -2.20. The van der Waals surface area contributed by atoms with Crippen LogP contribution in [-0.2, 0) is 4.79 Å². The molecule has 0 saturated carbocycles. The Morgan fingerprint density at radius 3 is 2.63 bits per heavy atom. The van der Waals surface area contributed by atoms with E-state index in [1.165, 1.54) is 0 Å². The minimum atomic E-state index is -0.0172. The number of nitrogens with one attached hydrogen (secondary N) is 1. The molecule has 0 aliphatic rings. The molecule has 0 aliphatic carbocycles. The Balaban J connectivity index is 2.53. The van der Waals surface area contributed by atoms with E-state index in [4.69, 9.17) is 0 Å². The molecule has 1 aromatic rings. The van der Waals surface area contributed by atoms with Crippen molar-refractivity contribution >= 4 is 17.5 Å². The Labute approximate surface area is 115 Å². The summed E-state index contributed by atoms with van der Waals surface area (Å²) in [5.41, 5.74) is 0. The molecule has 0 bridgehead atoms. The van der Waals surface area contributed by atoms with Crippen molar-refractivity contribution in [3.05, 3.63) is 12.1 Å². The first-order valence-electron chi connectivity index (χ1n) is 6.87. The number of hydrogen-bond donors (Lipinski definition) is 1. The van der Waals surface area contributed by atoms with Gasteiger partial charge in [-0.3, -0.25) is 4.79 Å². The summed E-state index contributed by atoms with van der Waals surface area (Å²) in [4.78, 5) is 13.7. The fourth-order valence-corrected chi connectivity index (χ4v) is 1.67. The van der Waals surface area contributed by atoms with Crippen molar-refractivity contribution in [2.75, 3.05) is 23.8 Å². The van der Waals surface area contributed by atoms with Gasteiger partial charge in [0.15, 0.2) is 11.6 Å². The molecule has 0 aliphatic heterocycles. The third-order valence-electron chi connectivity index (χ3n) is 2.75. The zero-order valence-electron chi connectivity index (χ0n) is 12.3. The molecule has 5 nitrogen and oxygen atoms in total. The largest absolute Gasteiger partial charge is 0.358 e. The summed E-state index contributed by atoms with van der Waals surface area (Å²) >= 11 is 0. The first kappa shape index (κ1) is 15.4. The van der Waals surface area contributed by atoms with Gasteiger partial charge in [-0.2, -0.15) is 0 Å². The predicted molar refractivity (Wildman–Crippen MR) is 78.3 cm³/mol. The van der Waals surface area contributed by atoms with Gasteiger partial charge in [0, 0.05) is 20.0 Å². The molecule has 0 atom stereocenters. The second-order valence-corrected chi connectivity index (χ2v) is 5.20. The minimum Gasteiger partial charge on any atom is -0.358 e. The molecular weight excluding hydrogens is 240 g/mol. The lowest BCUT2D eigenvalue weighted by atomic mass is 10.1. The molecule has 0 unspecified atom stereocenters. The Kier molecular flexibility index (Phi) is 6.25. The maximum Gasteiger partial charge on any atom is 0.225 e. The Morgan fingerprint density at radius 1 is 1.37 bits per heavy atom. The summed E-state index contributed by atoms with van der Waals surface area (Å²) in [5, 5.41) is 10.9. The number of hydrogen-bond acceptors (Lipinski definition) is 4. The fourth-order valence-electron chi connectivity index (χ4n) is 1.67. The van der Waals surface area contributed by atoms with Gasteiger partial charge in [-0.05, 0) is 24.5 Å². The number of anilines is 2. The maximum absolute atomic E-state index is 11.6. The van der Waals surface area contributed by atoms with Gasteiger partial charge in [-0.1, -0.05) is 27.2 Å². The topological polar surface area (TPSA) is 58.1 Å². The van der Waals surface area contributed by atoms with Crippen LogP contribution in [0.3, 0.4) is 0 Å². The number of carbonyl (C=O) groups excluding carboxylic acids is 1. The van der Waals surface area contributed by atoms with Crippen molar-refractivity contribution in [2.45, 2.75) is 40.0 Å². The molecule has 0 aromatic carbocycles. The lowest BCUT2D eigenvalue weighted by Gasteiger charge is -2.17. The summed E-state index contributed by atoms with van der Waals surface area (Å²) in [6, 6.07) is 3.68. The highest BCUT2D eigenvalue weighted by atomic mass is 16.1. The molecule has 1 heterocycles. The van der Waals surface area contributed by atoms with Crippen LogP contribution in [0.5, 0.6) is 0 Å². The number of nitrogens with zero attached hydrogens (tertiary/aromatic N) is 3. The van der Waals surface area contributed by atoms with Crippen LogP contribution in [0.25, 0.3) is 0 Å². The summed E-state index contributed by atoms with van der Waals surface area (Å²) in [5.74, 6) is 1.66.